The largest absolute Gasteiger partial charge is 0.340 e. The van der Waals surface area contributed by atoms with E-state index in [0.29, 0.717) is 27.8 Å². The van der Waals surface area contributed by atoms with Gasteiger partial charge in [0.2, 0.25) is 0 Å². The number of nitrogens with one attached hydrogen (secondary N) is 2. The number of nitrogens with zero attached hydrogens (tertiary/aromatic N) is 4. The van der Waals surface area contributed by atoms with Crippen molar-refractivity contribution >= 4 is 49.9 Å². The molecule has 4 rings (SSSR count). The van der Waals surface area contributed by atoms with E-state index < -0.39 is 15.9 Å². The second-order valence-corrected chi connectivity index (χ2v) is 8.80. The Balaban J connectivity index is 1.55. The lowest BCUT2D eigenvalue weighted by molar-refractivity contribution is 0.101. The molecule has 0 unspecified atom stereocenters. The van der Waals surface area contributed by atoms with Crippen LogP contribution in [0.3, 0.4) is 0 Å². The normalized spacial score (nSPS) is 11.2. The summed E-state index contributed by atoms with van der Waals surface area (Å²) in [5.74, 6) is -0.314. The molecule has 0 aliphatic rings. The van der Waals surface area contributed by atoms with Crippen LogP contribution >= 0.6 is 11.6 Å². The minimum absolute atomic E-state index is 0.00146. The molecule has 0 aliphatic carbocycles. The summed E-state index contributed by atoms with van der Waals surface area (Å²) in [7, 11) is -2.14. The average Bonchev–Trinajstić information content (AvgIpc) is 3.12. The van der Waals surface area contributed by atoms with E-state index in [1.165, 1.54) is 42.9 Å². The van der Waals surface area contributed by atoms with Gasteiger partial charge in [-0.2, -0.15) is 5.26 Å². The first-order chi connectivity index (χ1) is 15.3. The van der Waals surface area contributed by atoms with Gasteiger partial charge in [-0.05, 0) is 42.5 Å². The minimum Gasteiger partial charge on any atom is -0.340 e. The van der Waals surface area contributed by atoms with Gasteiger partial charge in [-0.15, -0.1) is 0 Å². The number of hydrogen-bond donors (Lipinski definition) is 2. The Labute approximate surface area is 188 Å². The van der Waals surface area contributed by atoms with Crippen molar-refractivity contribution in [3.05, 3.63) is 77.3 Å². The van der Waals surface area contributed by atoms with E-state index in [1.54, 1.807) is 29.8 Å². The van der Waals surface area contributed by atoms with Crippen LogP contribution in [0.5, 0.6) is 0 Å². The van der Waals surface area contributed by atoms with Gasteiger partial charge in [-0.3, -0.25) is 14.5 Å². The Kier molecular flexibility index (Phi) is 5.52. The van der Waals surface area contributed by atoms with Gasteiger partial charge in [0.1, 0.15) is 11.8 Å². The van der Waals surface area contributed by atoms with Crippen molar-refractivity contribution in [1.29, 1.82) is 5.26 Å². The van der Waals surface area contributed by atoms with Crippen molar-refractivity contribution in [2.75, 3.05) is 10.0 Å². The molecule has 2 N–H and O–H groups in total. The third-order valence-corrected chi connectivity index (χ3v) is 6.52. The van der Waals surface area contributed by atoms with Crippen LogP contribution in [-0.2, 0) is 17.1 Å². The van der Waals surface area contributed by atoms with Crippen LogP contribution in [0.25, 0.3) is 10.9 Å². The quantitative estimate of drug-likeness (QED) is 0.462. The predicted octanol–water partition coefficient (Wildman–Crippen LogP) is 3.55. The number of aryl methyl sites for hydroxylation is 1. The Bertz CT molecular complexity index is 1480. The van der Waals surface area contributed by atoms with Crippen molar-refractivity contribution in [3.8, 4) is 6.07 Å². The first-order valence-corrected chi connectivity index (χ1v) is 11.0. The fourth-order valence-corrected chi connectivity index (χ4v) is 4.39. The molecule has 0 radical (unpaired) electrons. The van der Waals surface area contributed by atoms with Crippen LogP contribution < -0.4 is 10.0 Å². The number of benzene rings is 2. The molecule has 0 spiro atoms. The highest BCUT2D eigenvalue weighted by Crippen LogP contribution is 2.29. The number of carbonyl (C=O) groups is 1. The van der Waals surface area contributed by atoms with Gasteiger partial charge in [0.05, 0.1) is 21.7 Å². The Hall–Kier alpha value is -3.94. The second-order valence-electron chi connectivity index (χ2n) is 6.73. The molecule has 0 fully saturated rings. The standard InChI is InChI=1S/C21H15ClN6O3S/c1-28-17-7-2-13(11-23)20(22)16(17)10-18(28)21(29)26-14-3-5-15(6-4-14)32(30,31)27-19-12-24-8-9-25-19/h2-10,12H,1H3,(H,25,27)(H,26,29). The summed E-state index contributed by atoms with van der Waals surface area (Å²) in [4.78, 5) is 20.5. The number of sulfonamides is 1. The lowest BCUT2D eigenvalue weighted by atomic mass is 10.1. The second kappa shape index (κ2) is 8.30. The Morgan fingerprint density at radius 1 is 1.16 bits per heavy atom. The maximum absolute atomic E-state index is 12.8. The lowest BCUT2D eigenvalue weighted by Crippen LogP contribution is -2.16. The zero-order valence-electron chi connectivity index (χ0n) is 16.6. The number of aromatic nitrogens is 3. The van der Waals surface area contributed by atoms with E-state index in [-0.39, 0.29) is 15.7 Å². The van der Waals surface area contributed by atoms with E-state index in [9.17, 15) is 13.2 Å². The van der Waals surface area contributed by atoms with Gasteiger partial charge < -0.3 is 9.88 Å². The van der Waals surface area contributed by atoms with E-state index >= 15 is 0 Å². The van der Waals surface area contributed by atoms with Crippen LogP contribution in [-0.4, -0.2) is 28.9 Å². The highest BCUT2D eigenvalue weighted by molar-refractivity contribution is 7.92. The molecule has 0 aliphatic heterocycles. The van der Waals surface area contributed by atoms with Gasteiger partial charge >= 0.3 is 0 Å². The first kappa shape index (κ1) is 21.3. The number of nitriles is 1. The van der Waals surface area contributed by atoms with E-state index in [1.807, 2.05) is 6.07 Å². The van der Waals surface area contributed by atoms with E-state index in [0.717, 1.165) is 0 Å². The molecule has 2 heterocycles. The maximum atomic E-state index is 12.8. The molecule has 2 aromatic carbocycles. The van der Waals surface area contributed by atoms with Crippen LogP contribution in [0.2, 0.25) is 5.02 Å². The van der Waals surface area contributed by atoms with Crippen molar-refractivity contribution < 1.29 is 13.2 Å². The molecule has 0 saturated carbocycles. The summed E-state index contributed by atoms with van der Waals surface area (Å²) in [6.07, 6.45) is 4.10. The molecular formula is C21H15ClN6O3S. The lowest BCUT2D eigenvalue weighted by Gasteiger charge is -2.09. The number of rotatable bonds is 5. The summed E-state index contributed by atoms with van der Waals surface area (Å²) in [5.41, 5.74) is 1.76. The van der Waals surface area contributed by atoms with Crippen molar-refractivity contribution in [1.82, 2.24) is 14.5 Å². The fourth-order valence-electron chi connectivity index (χ4n) is 3.14. The molecular weight excluding hydrogens is 452 g/mol. The summed E-state index contributed by atoms with van der Waals surface area (Å²) in [6, 6.07) is 12.6. The third kappa shape index (κ3) is 3.99. The minimum atomic E-state index is -3.86. The van der Waals surface area contributed by atoms with Crippen LogP contribution in [0, 0.1) is 11.3 Å². The number of anilines is 2. The molecule has 0 saturated heterocycles. The van der Waals surface area contributed by atoms with Crippen LogP contribution in [0.1, 0.15) is 16.1 Å². The number of halogens is 1. The molecule has 2 aromatic heterocycles. The molecule has 32 heavy (non-hydrogen) atoms. The van der Waals surface area contributed by atoms with Gasteiger partial charge in [0.25, 0.3) is 15.9 Å². The zero-order chi connectivity index (χ0) is 22.9. The van der Waals surface area contributed by atoms with Gasteiger partial charge in [-0.25, -0.2) is 13.4 Å². The fraction of sp³-hybridized carbons (Fsp3) is 0.0476. The van der Waals surface area contributed by atoms with Crippen molar-refractivity contribution in [3.63, 3.8) is 0 Å². The zero-order valence-corrected chi connectivity index (χ0v) is 18.1. The number of fused-ring (bicyclic) bond motifs is 1. The SMILES string of the molecule is Cn1c(C(=O)Nc2ccc(S(=O)(=O)Nc3cnccn3)cc2)cc2c(Cl)c(C#N)ccc21. The summed E-state index contributed by atoms with van der Waals surface area (Å²) >= 11 is 6.27. The Morgan fingerprint density at radius 2 is 1.91 bits per heavy atom. The maximum Gasteiger partial charge on any atom is 0.272 e. The molecule has 1 amide bonds. The topological polar surface area (TPSA) is 130 Å². The molecule has 9 nitrogen and oxygen atoms in total. The summed E-state index contributed by atoms with van der Waals surface area (Å²) in [5, 5.41) is 12.8. The van der Waals surface area contributed by atoms with Gasteiger partial charge in [-0.1, -0.05) is 11.6 Å². The number of hydrogen-bond acceptors (Lipinski definition) is 6. The number of amides is 1. The van der Waals surface area contributed by atoms with Crippen LogP contribution in [0.15, 0.2) is 66.0 Å². The molecule has 0 bridgehead atoms. The number of carbonyl (C=O) groups excluding carboxylic acids is 1. The van der Waals surface area contributed by atoms with Crippen molar-refractivity contribution in [2.45, 2.75) is 4.90 Å². The smallest absolute Gasteiger partial charge is 0.272 e. The third-order valence-electron chi connectivity index (χ3n) is 4.74. The van der Waals surface area contributed by atoms with E-state index in [2.05, 4.69) is 20.0 Å². The van der Waals surface area contributed by atoms with Gasteiger partial charge in [0.15, 0.2) is 5.82 Å². The first-order valence-electron chi connectivity index (χ1n) is 9.18. The van der Waals surface area contributed by atoms with Crippen molar-refractivity contribution in [2.24, 2.45) is 7.05 Å². The predicted molar refractivity (Wildman–Crippen MR) is 120 cm³/mol. The monoisotopic (exact) mass is 466 g/mol. The molecule has 4 aromatic rings. The van der Waals surface area contributed by atoms with Gasteiger partial charge in [0, 0.05) is 36.0 Å². The van der Waals surface area contributed by atoms with Crippen LogP contribution in [0.4, 0.5) is 11.5 Å². The highest BCUT2D eigenvalue weighted by atomic mass is 35.5. The average molecular weight is 467 g/mol. The summed E-state index contributed by atoms with van der Waals surface area (Å²) < 4.78 is 29.0. The van der Waals surface area contributed by atoms with E-state index in [4.69, 9.17) is 16.9 Å². The summed E-state index contributed by atoms with van der Waals surface area (Å²) in [6.45, 7) is 0. The molecule has 11 heteroatoms. The molecule has 0 atom stereocenters. The Morgan fingerprint density at radius 3 is 2.56 bits per heavy atom. The molecule has 160 valence electrons. The highest BCUT2D eigenvalue weighted by Gasteiger charge is 2.18.